The molecule has 128 valence electrons. The van der Waals surface area contributed by atoms with Gasteiger partial charge in [0, 0.05) is 13.0 Å². The fraction of sp³-hybridized carbons (Fsp3) is 0.786. The molecule has 23 heavy (non-hydrogen) atoms. The summed E-state index contributed by atoms with van der Waals surface area (Å²) in [4.78, 5) is 19.5. The van der Waals surface area contributed by atoms with Crippen LogP contribution in [0.15, 0.2) is 4.52 Å². The van der Waals surface area contributed by atoms with Crippen molar-refractivity contribution >= 4 is 5.91 Å². The summed E-state index contributed by atoms with van der Waals surface area (Å²) < 4.78 is 42.7. The first kappa shape index (κ1) is 16.2. The summed E-state index contributed by atoms with van der Waals surface area (Å²) in [7, 11) is 0. The molecule has 2 aliphatic rings. The van der Waals surface area contributed by atoms with Crippen molar-refractivity contribution in [2.24, 2.45) is 0 Å². The van der Waals surface area contributed by atoms with Gasteiger partial charge in [-0.3, -0.25) is 9.69 Å². The van der Waals surface area contributed by atoms with E-state index in [4.69, 9.17) is 4.52 Å². The lowest BCUT2D eigenvalue weighted by Crippen LogP contribution is -2.43. The minimum Gasteiger partial charge on any atom is -0.339 e. The Morgan fingerprint density at radius 3 is 2.70 bits per heavy atom. The van der Waals surface area contributed by atoms with Gasteiger partial charge in [0.25, 0.3) is 0 Å². The van der Waals surface area contributed by atoms with Crippen molar-refractivity contribution in [3.05, 3.63) is 11.7 Å². The van der Waals surface area contributed by atoms with E-state index in [1.807, 2.05) is 11.8 Å². The Balaban J connectivity index is 1.72. The molecule has 2 atom stereocenters. The molecule has 0 aromatic carbocycles. The quantitative estimate of drug-likeness (QED) is 0.843. The molecule has 3 heterocycles. The number of carbonyl (C=O) groups excluding carboxylic acids is 1. The molecule has 1 aromatic rings. The second kappa shape index (κ2) is 6.10. The van der Waals surface area contributed by atoms with Crippen LogP contribution in [0, 0.1) is 0 Å². The molecular formula is C14H19F3N4O2. The SMILES string of the molecule is CCc1nc([C@@H]2CCCN2[C@H]2CCN(CC(F)(F)F)C2=O)no1. The second-order valence-electron chi connectivity index (χ2n) is 5.98. The molecule has 2 aliphatic heterocycles. The van der Waals surface area contributed by atoms with E-state index in [9.17, 15) is 18.0 Å². The Morgan fingerprint density at radius 1 is 1.26 bits per heavy atom. The maximum Gasteiger partial charge on any atom is 0.406 e. The summed E-state index contributed by atoms with van der Waals surface area (Å²) in [6, 6.07) is -0.674. The van der Waals surface area contributed by atoms with Crippen molar-refractivity contribution in [2.75, 3.05) is 19.6 Å². The third kappa shape index (κ3) is 3.34. The van der Waals surface area contributed by atoms with E-state index in [-0.39, 0.29) is 12.6 Å². The van der Waals surface area contributed by atoms with Crippen LogP contribution in [0.1, 0.15) is 43.9 Å². The molecule has 1 amide bonds. The average molecular weight is 332 g/mol. The Kier molecular flexibility index (Phi) is 4.31. The molecule has 1 aromatic heterocycles. The van der Waals surface area contributed by atoms with Gasteiger partial charge in [0.2, 0.25) is 11.8 Å². The van der Waals surface area contributed by atoms with Crippen LogP contribution in [-0.2, 0) is 11.2 Å². The number of hydrogen-bond donors (Lipinski definition) is 0. The van der Waals surface area contributed by atoms with E-state index in [0.29, 0.717) is 31.1 Å². The number of nitrogens with zero attached hydrogens (tertiary/aromatic N) is 4. The summed E-state index contributed by atoms with van der Waals surface area (Å²) in [5, 5.41) is 3.96. The van der Waals surface area contributed by atoms with Gasteiger partial charge in [-0.25, -0.2) is 0 Å². The van der Waals surface area contributed by atoms with Gasteiger partial charge >= 0.3 is 6.18 Å². The number of likely N-dealkylation sites (tertiary alicyclic amines) is 2. The van der Waals surface area contributed by atoms with E-state index in [2.05, 4.69) is 10.1 Å². The van der Waals surface area contributed by atoms with E-state index in [1.54, 1.807) is 0 Å². The van der Waals surface area contributed by atoms with Crippen LogP contribution in [0.5, 0.6) is 0 Å². The second-order valence-corrected chi connectivity index (χ2v) is 5.98. The van der Waals surface area contributed by atoms with Crippen LogP contribution in [0.2, 0.25) is 0 Å². The molecule has 0 aliphatic carbocycles. The highest BCUT2D eigenvalue weighted by Crippen LogP contribution is 2.35. The van der Waals surface area contributed by atoms with Gasteiger partial charge in [-0.15, -0.1) is 0 Å². The number of hydrogen-bond acceptors (Lipinski definition) is 5. The lowest BCUT2D eigenvalue weighted by atomic mass is 10.1. The molecule has 2 saturated heterocycles. The van der Waals surface area contributed by atoms with Gasteiger partial charge in [0.15, 0.2) is 5.82 Å². The molecule has 3 rings (SSSR count). The Hall–Kier alpha value is -1.64. The van der Waals surface area contributed by atoms with E-state index in [1.165, 1.54) is 0 Å². The van der Waals surface area contributed by atoms with Crippen molar-refractivity contribution in [3.63, 3.8) is 0 Å². The molecule has 2 fully saturated rings. The van der Waals surface area contributed by atoms with Crippen LogP contribution in [0.4, 0.5) is 13.2 Å². The summed E-state index contributed by atoms with van der Waals surface area (Å²) in [5.74, 6) is 0.609. The monoisotopic (exact) mass is 332 g/mol. The van der Waals surface area contributed by atoms with Gasteiger partial charge < -0.3 is 9.42 Å². The number of aromatic nitrogens is 2. The zero-order valence-electron chi connectivity index (χ0n) is 12.8. The van der Waals surface area contributed by atoms with E-state index < -0.39 is 24.7 Å². The number of alkyl halides is 3. The average Bonchev–Trinajstić information content (AvgIpc) is 3.17. The normalized spacial score (nSPS) is 26.4. The number of rotatable bonds is 4. The Labute approximate surface area is 131 Å². The van der Waals surface area contributed by atoms with Gasteiger partial charge in [-0.1, -0.05) is 12.1 Å². The van der Waals surface area contributed by atoms with Crippen molar-refractivity contribution in [1.29, 1.82) is 0 Å². The summed E-state index contributed by atoms with van der Waals surface area (Å²) >= 11 is 0. The lowest BCUT2D eigenvalue weighted by Gasteiger charge is -2.27. The Bertz CT molecular complexity index is 575. The molecule has 0 bridgehead atoms. The standard InChI is InChI=1S/C14H19F3N4O2/c1-2-11-18-12(19-23-11)9-4-3-6-21(9)10-5-7-20(13(10)22)8-14(15,16)17/h9-10H,2-8H2,1H3/t9-,10-/m0/s1. The first-order valence-electron chi connectivity index (χ1n) is 7.83. The predicted octanol–water partition coefficient (Wildman–Crippen LogP) is 1.93. The largest absolute Gasteiger partial charge is 0.406 e. The third-order valence-electron chi connectivity index (χ3n) is 4.42. The molecule has 0 unspecified atom stereocenters. The highest BCUT2D eigenvalue weighted by Gasteiger charge is 2.45. The molecule has 0 saturated carbocycles. The molecule has 0 N–H and O–H groups in total. The van der Waals surface area contributed by atoms with Crippen LogP contribution in [0.25, 0.3) is 0 Å². The maximum absolute atomic E-state index is 12.5. The molecule has 0 radical (unpaired) electrons. The lowest BCUT2D eigenvalue weighted by molar-refractivity contribution is -0.159. The van der Waals surface area contributed by atoms with E-state index in [0.717, 1.165) is 17.7 Å². The van der Waals surface area contributed by atoms with Crippen molar-refractivity contribution in [3.8, 4) is 0 Å². The molecule has 9 heteroatoms. The highest BCUT2D eigenvalue weighted by molar-refractivity contribution is 5.84. The molecule has 6 nitrogen and oxygen atoms in total. The van der Waals surface area contributed by atoms with Crippen LogP contribution in [-0.4, -0.2) is 57.7 Å². The smallest absolute Gasteiger partial charge is 0.339 e. The summed E-state index contributed by atoms with van der Waals surface area (Å²) in [6.07, 6.45) is -1.68. The zero-order valence-corrected chi connectivity index (χ0v) is 12.8. The van der Waals surface area contributed by atoms with Crippen LogP contribution >= 0.6 is 0 Å². The molecular weight excluding hydrogens is 313 g/mol. The number of halogens is 3. The van der Waals surface area contributed by atoms with Crippen molar-refractivity contribution in [2.45, 2.75) is 50.9 Å². The van der Waals surface area contributed by atoms with E-state index >= 15 is 0 Å². The number of carbonyl (C=O) groups is 1. The third-order valence-corrected chi connectivity index (χ3v) is 4.42. The summed E-state index contributed by atoms with van der Waals surface area (Å²) in [6.45, 7) is 1.53. The van der Waals surface area contributed by atoms with Gasteiger partial charge in [0.1, 0.15) is 6.54 Å². The van der Waals surface area contributed by atoms with Crippen molar-refractivity contribution in [1.82, 2.24) is 19.9 Å². The van der Waals surface area contributed by atoms with Crippen molar-refractivity contribution < 1.29 is 22.5 Å². The van der Waals surface area contributed by atoms with Gasteiger partial charge in [-0.2, -0.15) is 18.2 Å². The zero-order chi connectivity index (χ0) is 16.6. The number of amides is 1. The molecule has 0 spiro atoms. The van der Waals surface area contributed by atoms with Crippen LogP contribution < -0.4 is 0 Å². The minimum atomic E-state index is -4.36. The van der Waals surface area contributed by atoms with Gasteiger partial charge in [-0.05, 0) is 25.8 Å². The number of aryl methyl sites for hydroxylation is 1. The topological polar surface area (TPSA) is 62.5 Å². The predicted molar refractivity (Wildman–Crippen MR) is 73.4 cm³/mol. The maximum atomic E-state index is 12.5. The van der Waals surface area contributed by atoms with Crippen LogP contribution in [0.3, 0.4) is 0 Å². The Morgan fingerprint density at radius 2 is 2.04 bits per heavy atom. The first-order chi connectivity index (χ1) is 10.9. The fourth-order valence-corrected chi connectivity index (χ4v) is 3.39. The van der Waals surface area contributed by atoms with Gasteiger partial charge in [0.05, 0.1) is 12.1 Å². The minimum absolute atomic E-state index is 0.138. The summed E-state index contributed by atoms with van der Waals surface area (Å²) in [5.41, 5.74) is 0. The fourth-order valence-electron chi connectivity index (χ4n) is 3.39. The highest BCUT2D eigenvalue weighted by atomic mass is 19.4. The first-order valence-corrected chi connectivity index (χ1v) is 7.83.